The molecule has 1 aromatic rings. The van der Waals surface area contributed by atoms with Crippen molar-refractivity contribution in [1.29, 1.82) is 0 Å². The van der Waals surface area contributed by atoms with E-state index in [0.717, 1.165) is 0 Å². The second kappa shape index (κ2) is 4.49. The Morgan fingerprint density at radius 3 is 2.14 bits per heavy atom. The van der Waals surface area contributed by atoms with Crippen LogP contribution in [-0.2, 0) is 10.1 Å². The van der Waals surface area contributed by atoms with Crippen LogP contribution in [0.2, 0.25) is 5.02 Å². The van der Waals surface area contributed by atoms with E-state index in [4.69, 9.17) is 16.2 Å². The van der Waals surface area contributed by atoms with Crippen LogP contribution in [0.5, 0.6) is 0 Å². The van der Waals surface area contributed by atoms with Crippen molar-refractivity contribution in [2.24, 2.45) is 0 Å². The van der Waals surface area contributed by atoms with Gasteiger partial charge in [0.05, 0.1) is 4.90 Å². The van der Waals surface area contributed by atoms with Crippen molar-refractivity contribution < 1.29 is 13.0 Å². The molecule has 0 heterocycles. The number of hydrogen-bond acceptors (Lipinski definition) is 2. The predicted molar refractivity (Wildman–Crippen MR) is 58.0 cm³/mol. The van der Waals surface area contributed by atoms with Crippen LogP contribution in [0.3, 0.4) is 0 Å². The van der Waals surface area contributed by atoms with Gasteiger partial charge in [-0.2, -0.15) is 8.42 Å². The highest BCUT2D eigenvalue weighted by atomic mass is 35.5. The zero-order chi connectivity index (χ0) is 10.2. The highest BCUT2D eigenvalue weighted by Crippen LogP contribution is 2.23. The second-order valence-corrected chi connectivity index (χ2v) is 4.64. The summed E-state index contributed by atoms with van der Waals surface area (Å²) in [5.41, 5.74) is 1.07. The third kappa shape index (κ3) is 2.85. The first kappa shape index (κ1) is 13.7. The molecular weight excluding hydrogens is 247 g/mol. The lowest BCUT2D eigenvalue weighted by Crippen LogP contribution is -2.01. The molecule has 0 bridgehead atoms. The van der Waals surface area contributed by atoms with Crippen LogP contribution in [0.4, 0.5) is 0 Å². The Morgan fingerprint density at radius 2 is 1.71 bits per heavy atom. The normalized spacial score (nSPS) is 10.9. The van der Waals surface area contributed by atoms with Gasteiger partial charge in [-0.15, -0.1) is 12.4 Å². The maximum Gasteiger partial charge on any atom is 0.294 e. The summed E-state index contributed by atoms with van der Waals surface area (Å²) in [6, 6.07) is 2.87. The standard InChI is InChI=1S/C8H9ClO3S.ClH/c1-5-4-8(13(10,11)12)6(2)3-7(5)9;/h3-4H,1-2H3,(H,10,11,12);1H. The summed E-state index contributed by atoms with van der Waals surface area (Å²) >= 11 is 5.76. The Labute approximate surface area is 94.2 Å². The van der Waals surface area contributed by atoms with Crippen molar-refractivity contribution >= 4 is 34.1 Å². The van der Waals surface area contributed by atoms with Gasteiger partial charge < -0.3 is 0 Å². The zero-order valence-corrected chi connectivity index (χ0v) is 10.0. The minimum absolute atomic E-state index is 0. The highest BCUT2D eigenvalue weighted by Gasteiger charge is 2.14. The molecule has 0 amide bonds. The molecule has 6 heteroatoms. The SMILES string of the molecule is Cc1cc(S(=O)(=O)O)c(C)cc1Cl.Cl. The van der Waals surface area contributed by atoms with Gasteiger partial charge in [-0.3, -0.25) is 4.55 Å². The van der Waals surface area contributed by atoms with Gasteiger partial charge in [-0.05, 0) is 37.1 Å². The number of hydrogen-bond donors (Lipinski definition) is 1. The topological polar surface area (TPSA) is 54.4 Å². The smallest absolute Gasteiger partial charge is 0.282 e. The van der Waals surface area contributed by atoms with Gasteiger partial charge >= 0.3 is 0 Å². The van der Waals surface area contributed by atoms with Crippen molar-refractivity contribution in [3.05, 3.63) is 28.3 Å². The minimum Gasteiger partial charge on any atom is -0.282 e. The summed E-state index contributed by atoms with van der Waals surface area (Å²) in [5, 5.41) is 0.491. The van der Waals surface area contributed by atoms with Gasteiger partial charge in [0.25, 0.3) is 10.1 Å². The fourth-order valence-electron chi connectivity index (χ4n) is 1.03. The van der Waals surface area contributed by atoms with E-state index in [0.29, 0.717) is 16.1 Å². The van der Waals surface area contributed by atoms with E-state index in [-0.39, 0.29) is 17.3 Å². The third-order valence-corrected chi connectivity index (χ3v) is 3.14. The molecule has 1 rings (SSSR count). The van der Waals surface area contributed by atoms with Crippen LogP contribution in [0.1, 0.15) is 11.1 Å². The van der Waals surface area contributed by atoms with Gasteiger partial charge in [0.1, 0.15) is 0 Å². The first-order valence-electron chi connectivity index (χ1n) is 3.56. The van der Waals surface area contributed by atoms with E-state index in [1.807, 2.05) is 0 Å². The predicted octanol–water partition coefficient (Wildman–Crippen LogP) is 2.63. The molecule has 1 aromatic carbocycles. The Balaban J connectivity index is 0.00000169. The average Bonchev–Trinajstić information content (AvgIpc) is 1.94. The molecule has 0 aliphatic carbocycles. The van der Waals surface area contributed by atoms with Gasteiger partial charge in [-0.1, -0.05) is 11.6 Å². The van der Waals surface area contributed by atoms with E-state index >= 15 is 0 Å². The number of benzene rings is 1. The van der Waals surface area contributed by atoms with Crippen LogP contribution in [0.15, 0.2) is 17.0 Å². The maximum absolute atomic E-state index is 10.8. The van der Waals surface area contributed by atoms with Crippen molar-refractivity contribution in [3.63, 3.8) is 0 Å². The number of aryl methyl sites for hydroxylation is 2. The summed E-state index contributed by atoms with van der Waals surface area (Å²) in [6.07, 6.45) is 0. The van der Waals surface area contributed by atoms with Crippen LogP contribution in [-0.4, -0.2) is 13.0 Å². The number of rotatable bonds is 1. The van der Waals surface area contributed by atoms with Crippen LogP contribution < -0.4 is 0 Å². The van der Waals surface area contributed by atoms with Crippen molar-refractivity contribution in [2.45, 2.75) is 18.7 Å². The van der Waals surface area contributed by atoms with E-state index in [1.54, 1.807) is 13.8 Å². The molecule has 0 atom stereocenters. The zero-order valence-electron chi connectivity index (χ0n) is 7.61. The molecule has 80 valence electrons. The first-order valence-corrected chi connectivity index (χ1v) is 5.38. The molecule has 0 spiro atoms. The highest BCUT2D eigenvalue weighted by molar-refractivity contribution is 7.85. The van der Waals surface area contributed by atoms with Crippen molar-refractivity contribution in [1.82, 2.24) is 0 Å². The van der Waals surface area contributed by atoms with E-state index < -0.39 is 10.1 Å². The third-order valence-electron chi connectivity index (χ3n) is 1.73. The lowest BCUT2D eigenvalue weighted by atomic mass is 10.2. The maximum atomic E-state index is 10.8. The van der Waals surface area contributed by atoms with Crippen LogP contribution >= 0.6 is 24.0 Å². The number of halogens is 2. The summed E-state index contributed by atoms with van der Waals surface area (Å²) in [4.78, 5) is -0.0885. The molecule has 14 heavy (non-hydrogen) atoms. The van der Waals surface area contributed by atoms with Gasteiger partial charge in [-0.25, -0.2) is 0 Å². The lowest BCUT2D eigenvalue weighted by Gasteiger charge is -2.05. The van der Waals surface area contributed by atoms with Crippen molar-refractivity contribution in [3.8, 4) is 0 Å². The largest absolute Gasteiger partial charge is 0.294 e. The molecule has 0 unspecified atom stereocenters. The summed E-state index contributed by atoms with van der Waals surface area (Å²) in [7, 11) is -4.13. The lowest BCUT2D eigenvalue weighted by molar-refractivity contribution is 0.482. The Hall–Kier alpha value is -0.290. The molecule has 0 fully saturated rings. The molecule has 1 N–H and O–H groups in total. The van der Waals surface area contributed by atoms with Crippen LogP contribution in [0.25, 0.3) is 0 Å². The van der Waals surface area contributed by atoms with Gasteiger partial charge in [0, 0.05) is 5.02 Å². The summed E-state index contributed by atoms with van der Waals surface area (Å²) in [6.45, 7) is 3.25. The molecule has 3 nitrogen and oxygen atoms in total. The molecule has 0 radical (unpaired) electrons. The Bertz CT molecular complexity index is 440. The monoisotopic (exact) mass is 256 g/mol. The van der Waals surface area contributed by atoms with E-state index in [1.165, 1.54) is 12.1 Å². The van der Waals surface area contributed by atoms with Crippen LogP contribution in [0, 0.1) is 13.8 Å². The summed E-state index contributed by atoms with van der Waals surface area (Å²) in [5.74, 6) is 0. The molecule has 0 aromatic heterocycles. The molecule has 0 aliphatic rings. The quantitative estimate of drug-likeness (QED) is 0.787. The van der Waals surface area contributed by atoms with Crippen molar-refractivity contribution in [2.75, 3.05) is 0 Å². The fraction of sp³-hybridized carbons (Fsp3) is 0.250. The Morgan fingerprint density at radius 1 is 1.21 bits per heavy atom. The Kier molecular flexibility index (Phi) is 4.39. The molecule has 0 saturated carbocycles. The van der Waals surface area contributed by atoms with Gasteiger partial charge in [0.15, 0.2) is 0 Å². The van der Waals surface area contributed by atoms with Gasteiger partial charge in [0.2, 0.25) is 0 Å². The first-order chi connectivity index (χ1) is 5.82. The second-order valence-electron chi connectivity index (χ2n) is 2.84. The average molecular weight is 257 g/mol. The van der Waals surface area contributed by atoms with E-state index in [2.05, 4.69) is 0 Å². The van der Waals surface area contributed by atoms with E-state index in [9.17, 15) is 8.42 Å². The minimum atomic E-state index is -4.13. The molecule has 0 saturated heterocycles. The molecular formula is C8H10Cl2O3S. The molecule has 0 aliphatic heterocycles. The fourth-order valence-corrected chi connectivity index (χ4v) is 2.04. The summed E-state index contributed by atoms with van der Waals surface area (Å²) < 4.78 is 30.5.